The molecule has 0 saturated carbocycles. The van der Waals surface area contributed by atoms with Gasteiger partial charge in [-0.25, -0.2) is 9.97 Å². The number of likely N-dealkylation sites (N-methyl/N-ethyl adjacent to an activating group) is 1. The molecule has 1 aliphatic heterocycles. The van der Waals surface area contributed by atoms with Gasteiger partial charge in [0.15, 0.2) is 0 Å². The molecule has 0 amide bonds. The van der Waals surface area contributed by atoms with Crippen molar-refractivity contribution in [2.45, 2.75) is 19.9 Å². The number of aromatic nitrogens is 5. The van der Waals surface area contributed by atoms with Gasteiger partial charge in [-0.2, -0.15) is 4.98 Å². The maximum Gasteiger partial charge on any atom is 0.238 e. The van der Waals surface area contributed by atoms with Crippen molar-refractivity contribution >= 4 is 22.1 Å². The van der Waals surface area contributed by atoms with Gasteiger partial charge >= 0.3 is 0 Å². The summed E-state index contributed by atoms with van der Waals surface area (Å²) in [5.74, 6) is 0.646. The zero-order valence-corrected chi connectivity index (χ0v) is 18.0. The van der Waals surface area contributed by atoms with Crippen LogP contribution in [0.5, 0.6) is 0 Å². The molecule has 0 radical (unpaired) electrons. The summed E-state index contributed by atoms with van der Waals surface area (Å²) in [6.07, 6.45) is 4.98. The van der Waals surface area contributed by atoms with Crippen LogP contribution in [0.3, 0.4) is 0 Å². The molecule has 0 fully saturated rings. The van der Waals surface area contributed by atoms with Crippen LogP contribution in [0.4, 0.5) is 0 Å². The van der Waals surface area contributed by atoms with Gasteiger partial charge in [0.25, 0.3) is 0 Å². The van der Waals surface area contributed by atoms with Crippen molar-refractivity contribution in [2.24, 2.45) is 7.05 Å². The van der Waals surface area contributed by atoms with Crippen LogP contribution in [0.15, 0.2) is 55.0 Å². The maximum atomic E-state index is 5.06. The van der Waals surface area contributed by atoms with Gasteiger partial charge in [0.05, 0.1) is 16.7 Å². The first-order valence-electron chi connectivity index (χ1n) is 10.7. The first kappa shape index (κ1) is 18.3. The zero-order valence-electron chi connectivity index (χ0n) is 18.0. The van der Waals surface area contributed by atoms with Crippen LogP contribution in [0.25, 0.3) is 39.3 Å². The number of imidazole rings is 1. The summed E-state index contributed by atoms with van der Waals surface area (Å²) in [5, 5.41) is 1.07. The summed E-state index contributed by atoms with van der Waals surface area (Å²) in [6.45, 7) is 4.17. The van der Waals surface area contributed by atoms with Crippen LogP contribution >= 0.6 is 0 Å². The number of hydrogen-bond donors (Lipinski definition) is 0. The number of aryl methyl sites for hydroxylation is 2. The quantitative estimate of drug-likeness (QED) is 0.438. The molecule has 3 aromatic heterocycles. The van der Waals surface area contributed by atoms with Crippen molar-refractivity contribution in [3.63, 3.8) is 0 Å². The smallest absolute Gasteiger partial charge is 0.238 e. The van der Waals surface area contributed by atoms with Crippen molar-refractivity contribution in [3.8, 4) is 17.2 Å². The average Bonchev–Trinajstić information content (AvgIpc) is 3.37. The summed E-state index contributed by atoms with van der Waals surface area (Å²) in [4.78, 5) is 17.0. The van der Waals surface area contributed by atoms with Crippen molar-refractivity contribution in [1.82, 2.24) is 29.0 Å². The van der Waals surface area contributed by atoms with E-state index in [1.54, 1.807) is 0 Å². The van der Waals surface area contributed by atoms with Crippen LogP contribution in [0.1, 0.15) is 16.7 Å². The molecule has 6 heteroatoms. The van der Waals surface area contributed by atoms with Crippen LogP contribution in [-0.4, -0.2) is 42.6 Å². The number of hydrogen-bond acceptors (Lipinski definition) is 4. The second kappa shape index (κ2) is 6.75. The number of benzene rings is 2. The third-order valence-corrected chi connectivity index (χ3v) is 6.39. The largest absolute Gasteiger partial charge is 0.335 e. The highest BCUT2D eigenvalue weighted by molar-refractivity contribution is 5.92. The lowest BCUT2D eigenvalue weighted by Gasteiger charge is -2.25. The van der Waals surface area contributed by atoms with Crippen molar-refractivity contribution in [2.75, 3.05) is 13.6 Å². The Hall–Kier alpha value is -3.51. The Morgan fingerprint density at radius 2 is 1.87 bits per heavy atom. The lowest BCUT2D eigenvalue weighted by atomic mass is 9.96. The summed E-state index contributed by atoms with van der Waals surface area (Å²) in [5.41, 5.74) is 9.00. The normalized spacial score (nSPS) is 14.4. The molecule has 1 aliphatic rings. The molecule has 31 heavy (non-hydrogen) atoms. The molecule has 154 valence electrons. The monoisotopic (exact) mass is 408 g/mol. The first-order chi connectivity index (χ1) is 15.1. The van der Waals surface area contributed by atoms with Crippen LogP contribution in [-0.2, 0) is 20.0 Å². The minimum absolute atomic E-state index is 0.646. The predicted molar refractivity (Wildman–Crippen MR) is 123 cm³/mol. The average molecular weight is 409 g/mol. The lowest BCUT2D eigenvalue weighted by molar-refractivity contribution is 0.313. The number of para-hydroxylation sites is 1. The van der Waals surface area contributed by atoms with Gasteiger partial charge in [0.1, 0.15) is 12.0 Å². The summed E-state index contributed by atoms with van der Waals surface area (Å²) >= 11 is 0. The highest BCUT2D eigenvalue weighted by Crippen LogP contribution is 2.31. The van der Waals surface area contributed by atoms with E-state index in [2.05, 4.69) is 77.1 Å². The highest BCUT2D eigenvalue weighted by atomic mass is 15.2. The summed E-state index contributed by atoms with van der Waals surface area (Å²) in [7, 11) is 4.21. The molecule has 6 nitrogen and oxygen atoms in total. The molecule has 2 aromatic carbocycles. The van der Waals surface area contributed by atoms with Crippen molar-refractivity contribution < 1.29 is 0 Å². The molecule has 4 heterocycles. The molecular weight excluding hydrogens is 384 g/mol. The summed E-state index contributed by atoms with van der Waals surface area (Å²) < 4.78 is 4.05. The van der Waals surface area contributed by atoms with Crippen LogP contribution in [0, 0.1) is 6.92 Å². The highest BCUT2D eigenvalue weighted by Gasteiger charge is 2.18. The Labute approximate surface area is 180 Å². The van der Waals surface area contributed by atoms with Gasteiger partial charge in [0, 0.05) is 37.3 Å². The van der Waals surface area contributed by atoms with Gasteiger partial charge in [0.2, 0.25) is 5.95 Å². The second-order valence-electron chi connectivity index (χ2n) is 8.56. The fourth-order valence-corrected chi connectivity index (χ4v) is 4.64. The predicted octanol–water partition coefficient (Wildman–Crippen LogP) is 4.27. The van der Waals surface area contributed by atoms with E-state index < -0.39 is 0 Å². The fraction of sp³-hybridized carbons (Fsp3) is 0.240. The molecule has 0 saturated heterocycles. The Bertz CT molecular complexity index is 1460. The zero-order chi connectivity index (χ0) is 21.1. The minimum Gasteiger partial charge on any atom is -0.335 e. The topological polar surface area (TPSA) is 51.8 Å². The second-order valence-corrected chi connectivity index (χ2v) is 8.56. The van der Waals surface area contributed by atoms with Crippen molar-refractivity contribution in [1.29, 1.82) is 0 Å². The number of fused-ring (bicyclic) bond motifs is 3. The van der Waals surface area contributed by atoms with E-state index in [1.165, 1.54) is 11.1 Å². The van der Waals surface area contributed by atoms with Crippen molar-refractivity contribution in [3.05, 3.63) is 71.7 Å². The number of nitrogens with zero attached hydrogens (tertiary/aromatic N) is 6. The Morgan fingerprint density at radius 1 is 0.968 bits per heavy atom. The SMILES string of the molecule is Cc1cccc2c1ncn2-c1nc(-c2ccc3c(c2)CN(C)CC3)c2ccn(C)c2n1. The molecule has 0 aliphatic carbocycles. The van der Waals surface area contributed by atoms with E-state index in [0.29, 0.717) is 5.95 Å². The van der Waals surface area contributed by atoms with E-state index >= 15 is 0 Å². The van der Waals surface area contributed by atoms with E-state index in [9.17, 15) is 0 Å². The van der Waals surface area contributed by atoms with Gasteiger partial charge in [-0.15, -0.1) is 0 Å². The standard InChI is InChI=1S/C25H24N6/c1-16-5-4-6-21-22(16)26-15-31(21)25-27-23(20-10-12-30(3)24(20)28-25)18-8-7-17-9-11-29(2)14-19(17)13-18/h4-8,10,12-13,15H,9,11,14H2,1-3H3. The Kier molecular flexibility index (Phi) is 3.98. The molecule has 5 aromatic rings. The molecule has 0 atom stereocenters. The third kappa shape index (κ3) is 2.86. The lowest BCUT2D eigenvalue weighted by Crippen LogP contribution is -2.26. The van der Waals surface area contributed by atoms with E-state index in [0.717, 1.165) is 58.4 Å². The maximum absolute atomic E-state index is 5.06. The van der Waals surface area contributed by atoms with Crippen LogP contribution in [0.2, 0.25) is 0 Å². The molecule has 6 rings (SSSR count). The first-order valence-corrected chi connectivity index (χ1v) is 10.7. The molecule has 0 spiro atoms. The Morgan fingerprint density at radius 3 is 2.77 bits per heavy atom. The van der Waals surface area contributed by atoms with Gasteiger partial charge in [-0.1, -0.05) is 24.3 Å². The van der Waals surface area contributed by atoms with Gasteiger partial charge < -0.3 is 9.47 Å². The van der Waals surface area contributed by atoms with Crippen LogP contribution < -0.4 is 0 Å². The third-order valence-electron chi connectivity index (χ3n) is 6.39. The van der Waals surface area contributed by atoms with E-state index in [4.69, 9.17) is 9.97 Å². The number of rotatable bonds is 2. The Balaban J connectivity index is 1.59. The fourth-order valence-electron chi connectivity index (χ4n) is 4.64. The summed E-state index contributed by atoms with van der Waals surface area (Å²) in [6, 6.07) is 15.1. The van der Waals surface area contributed by atoms with E-state index in [-0.39, 0.29) is 0 Å². The van der Waals surface area contributed by atoms with Gasteiger partial charge in [-0.05, 0) is 55.3 Å². The minimum atomic E-state index is 0.646. The molecule has 0 unspecified atom stereocenters. The molecule has 0 N–H and O–H groups in total. The van der Waals surface area contributed by atoms with E-state index in [1.807, 2.05) is 17.9 Å². The molecule has 0 bridgehead atoms. The van der Waals surface area contributed by atoms with Gasteiger partial charge in [-0.3, -0.25) is 4.57 Å². The molecular formula is C25H24N6.